The van der Waals surface area contributed by atoms with E-state index in [2.05, 4.69) is 32.4 Å². The molecule has 1 rings (SSSR count). The van der Waals surface area contributed by atoms with E-state index < -0.39 is 6.10 Å². The highest BCUT2D eigenvalue weighted by Crippen LogP contribution is 2.35. The van der Waals surface area contributed by atoms with Crippen molar-refractivity contribution >= 4 is 5.71 Å². The van der Waals surface area contributed by atoms with Gasteiger partial charge >= 0.3 is 0 Å². The highest BCUT2D eigenvalue weighted by atomic mass is 16.5. The van der Waals surface area contributed by atoms with Crippen LogP contribution in [0.5, 0.6) is 0 Å². The largest absolute Gasteiger partial charge is 0.386 e. The standard InChI is InChI=1S/C19H36N2O2/c1-8-15(17(22)18(5,6)9-2)20-21-14-12-13-16(21)19(10-3,11-4)23-7/h9,16-17,22H,2,8,10-14H2,1,3-7H3/b20-15+/t16-,17-/m0/s1. The van der Waals surface area contributed by atoms with Crippen LogP contribution in [0.1, 0.15) is 66.7 Å². The van der Waals surface area contributed by atoms with Crippen LogP contribution in [-0.4, -0.2) is 47.2 Å². The van der Waals surface area contributed by atoms with E-state index in [1.807, 2.05) is 27.0 Å². The van der Waals surface area contributed by atoms with E-state index >= 15 is 0 Å². The molecular formula is C19H36N2O2. The molecule has 23 heavy (non-hydrogen) atoms. The van der Waals surface area contributed by atoms with Crippen LogP contribution < -0.4 is 0 Å². The van der Waals surface area contributed by atoms with Crippen molar-refractivity contribution in [1.82, 2.24) is 5.01 Å². The molecule has 1 heterocycles. The van der Waals surface area contributed by atoms with Gasteiger partial charge in [0.1, 0.15) is 6.10 Å². The van der Waals surface area contributed by atoms with Crippen LogP contribution >= 0.6 is 0 Å². The van der Waals surface area contributed by atoms with Gasteiger partial charge in [0.25, 0.3) is 0 Å². The summed E-state index contributed by atoms with van der Waals surface area (Å²) < 4.78 is 5.92. The van der Waals surface area contributed by atoms with Crippen LogP contribution in [0.25, 0.3) is 0 Å². The third-order valence-electron chi connectivity index (χ3n) is 5.60. The average molecular weight is 325 g/mol. The van der Waals surface area contributed by atoms with Crippen LogP contribution in [0.3, 0.4) is 0 Å². The van der Waals surface area contributed by atoms with Gasteiger partial charge in [-0.2, -0.15) is 5.10 Å². The Kier molecular flexibility index (Phi) is 7.28. The summed E-state index contributed by atoms with van der Waals surface area (Å²) in [5.41, 5.74) is 0.300. The van der Waals surface area contributed by atoms with E-state index in [9.17, 15) is 5.11 Å². The molecular weight excluding hydrogens is 288 g/mol. The molecule has 0 unspecified atom stereocenters. The average Bonchev–Trinajstić information content (AvgIpc) is 3.03. The molecule has 0 saturated carbocycles. The molecule has 1 aliphatic heterocycles. The molecule has 134 valence electrons. The molecule has 0 radical (unpaired) electrons. The van der Waals surface area contributed by atoms with Crippen LogP contribution in [0.15, 0.2) is 17.8 Å². The van der Waals surface area contributed by atoms with E-state index in [0.717, 1.165) is 44.4 Å². The van der Waals surface area contributed by atoms with Crippen molar-refractivity contribution in [2.24, 2.45) is 10.5 Å². The summed E-state index contributed by atoms with van der Waals surface area (Å²) in [6.07, 6.45) is 6.10. The monoisotopic (exact) mass is 324 g/mol. The minimum atomic E-state index is -0.605. The number of hydrogen-bond acceptors (Lipinski definition) is 4. The molecule has 0 aromatic rings. The van der Waals surface area contributed by atoms with E-state index in [-0.39, 0.29) is 17.1 Å². The molecule has 1 N–H and O–H groups in total. The summed E-state index contributed by atoms with van der Waals surface area (Å²) in [7, 11) is 1.81. The zero-order valence-corrected chi connectivity index (χ0v) is 15.9. The van der Waals surface area contributed by atoms with Crippen molar-refractivity contribution < 1.29 is 9.84 Å². The lowest BCUT2D eigenvalue weighted by atomic mass is 9.83. The molecule has 0 spiro atoms. The Morgan fingerprint density at radius 2 is 2.00 bits per heavy atom. The maximum absolute atomic E-state index is 10.7. The van der Waals surface area contributed by atoms with Crippen molar-refractivity contribution in [3.05, 3.63) is 12.7 Å². The Hall–Kier alpha value is -0.870. The van der Waals surface area contributed by atoms with Crippen molar-refractivity contribution in [3.8, 4) is 0 Å². The lowest BCUT2D eigenvalue weighted by Crippen LogP contribution is -2.49. The Morgan fingerprint density at radius 1 is 1.39 bits per heavy atom. The lowest BCUT2D eigenvalue weighted by Gasteiger charge is -2.40. The summed E-state index contributed by atoms with van der Waals surface area (Å²) in [5, 5.41) is 17.7. The molecule has 4 heteroatoms. The number of aliphatic hydroxyl groups excluding tert-OH is 1. The second-order valence-electron chi connectivity index (χ2n) is 7.17. The summed E-state index contributed by atoms with van der Waals surface area (Å²) in [4.78, 5) is 0. The first-order valence-electron chi connectivity index (χ1n) is 9.02. The minimum Gasteiger partial charge on any atom is -0.386 e. The fourth-order valence-corrected chi connectivity index (χ4v) is 3.58. The van der Waals surface area contributed by atoms with Gasteiger partial charge in [0.05, 0.1) is 17.4 Å². The predicted octanol–water partition coefficient (Wildman–Crippen LogP) is 4.00. The van der Waals surface area contributed by atoms with Crippen molar-refractivity contribution in [3.63, 3.8) is 0 Å². The molecule has 1 fully saturated rings. The minimum absolute atomic E-state index is 0.155. The Bertz CT molecular complexity index is 405. The zero-order valence-electron chi connectivity index (χ0n) is 15.9. The van der Waals surface area contributed by atoms with E-state index in [1.165, 1.54) is 0 Å². The maximum Gasteiger partial charge on any atom is 0.102 e. The molecule has 0 aromatic heterocycles. The number of hydrogen-bond donors (Lipinski definition) is 1. The summed E-state index contributed by atoms with van der Waals surface area (Å²) in [6.45, 7) is 15.2. The summed E-state index contributed by atoms with van der Waals surface area (Å²) in [6, 6.07) is 0.281. The third-order valence-corrected chi connectivity index (χ3v) is 5.60. The molecule has 1 aliphatic rings. The van der Waals surface area contributed by atoms with Gasteiger partial charge in [-0.1, -0.05) is 40.7 Å². The lowest BCUT2D eigenvalue weighted by molar-refractivity contribution is -0.0735. The van der Waals surface area contributed by atoms with Crippen LogP contribution in [0.4, 0.5) is 0 Å². The van der Waals surface area contributed by atoms with E-state index in [1.54, 1.807) is 0 Å². The maximum atomic E-state index is 10.7. The van der Waals surface area contributed by atoms with Gasteiger partial charge in [-0.05, 0) is 32.1 Å². The quantitative estimate of drug-likeness (QED) is 0.515. The molecule has 2 atom stereocenters. The summed E-state index contributed by atoms with van der Waals surface area (Å²) in [5.74, 6) is 0. The number of aliphatic hydroxyl groups is 1. The second kappa shape index (κ2) is 8.29. The first-order valence-corrected chi connectivity index (χ1v) is 9.02. The first-order chi connectivity index (χ1) is 10.8. The van der Waals surface area contributed by atoms with Gasteiger partial charge in [0.2, 0.25) is 0 Å². The van der Waals surface area contributed by atoms with Crippen molar-refractivity contribution in [2.75, 3.05) is 13.7 Å². The van der Waals surface area contributed by atoms with E-state index in [0.29, 0.717) is 0 Å². The van der Waals surface area contributed by atoms with E-state index in [4.69, 9.17) is 9.84 Å². The summed E-state index contributed by atoms with van der Waals surface area (Å²) >= 11 is 0. The number of rotatable bonds is 9. The van der Waals surface area contributed by atoms with Crippen LogP contribution in [-0.2, 0) is 4.74 Å². The van der Waals surface area contributed by atoms with Gasteiger partial charge in [-0.3, -0.25) is 5.01 Å². The van der Waals surface area contributed by atoms with Gasteiger partial charge in [0.15, 0.2) is 0 Å². The number of methoxy groups -OCH3 is 1. The van der Waals surface area contributed by atoms with Crippen LogP contribution in [0, 0.1) is 5.41 Å². The molecule has 0 bridgehead atoms. The smallest absolute Gasteiger partial charge is 0.102 e. The molecule has 0 aromatic carbocycles. The predicted molar refractivity (Wildman–Crippen MR) is 97.8 cm³/mol. The molecule has 0 amide bonds. The molecule has 1 saturated heterocycles. The number of nitrogens with zero attached hydrogens (tertiary/aromatic N) is 2. The van der Waals surface area contributed by atoms with Gasteiger partial charge in [0, 0.05) is 19.1 Å². The fraction of sp³-hybridized carbons (Fsp3) is 0.842. The van der Waals surface area contributed by atoms with Gasteiger partial charge in [-0.25, -0.2) is 0 Å². The van der Waals surface area contributed by atoms with Crippen molar-refractivity contribution in [2.45, 2.75) is 84.5 Å². The normalized spacial score (nSPS) is 21.6. The second-order valence-corrected chi connectivity index (χ2v) is 7.17. The fourth-order valence-electron chi connectivity index (χ4n) is 3.58. The van der Waals surface area contributed by atoms with Crippen LogP contribution in [0.2, 0.25) is 0 Å². The Balaban J connectivity index is 3.09. The van der Waals surface area contributed by atoms with Crippen molar-refractivity contribution in [1.29, 1.82) is 0 Å². The number of hydrazone groups is 1. The molecule has 4 nitrogen and oxygen atoms in total. The third kappa shape index (κ3) is 4.16. The highest BCUT2D eigenvalue weighted by Gasteiger charge is 2.42. The Labute approximate surface area is 142 Å². The number of ether oxygens (including phenoxy) is 1. The van der Waals surface area contributed by atoms with Gasteiger partial charge < -0.3 is 9.84 Å². The zero-order chi connectivity index (χ0) is 17.7. The SMILES string of the molecule is C=CC(C)(C)[C@@H](O)/C(CC)=N/N1CCC[C@H]1C(CC)(CC)OC. The Morgan fingerprint density at radius 3 is 2.43 bits per heavy atom. The molecule has 0 aliphatic carbocycles. The first kappa shape index (κ1) is 20.2. The highest BCUT2D eigenvalue weighted by molar-refractivity contribution is 5.89. The topological polar surface area (TPSA) is 45.1 Å². The van der Waals surface area contributed by atoms with Gasteiger partial charge in [-0.15, -0.1) is 6.58 Å².